The van der Waals surface area contributed by atoms with Gasteiger partial charge in [-0.25, -0.2) is 9.97 Å². The Balaban J connectivity index is 1.25. The Kier molecular flexibility index (Phi) is 7.01. The monoisotopic (exact) mass is 575 g/mol. The van der Waals surface area contributed by atoms with Gasteiger partial charge >= 0.3 is 6.85 Å². The van der Waals surface area contributed by atoms with Crippen LogP contribution < -0.4 is 10.3 Å². The van der Waals surface area contributed by atoms with E-state index >= 15 is 0 Å². The van der Waals surface area contributed by atoms with E-state index in [1.807, 2.05) is 24.3 Å². The van der Waals surface area contributed by atoms with Crippen LogP contribution in [0.4, 0.5) is 11.4 Å². The molecular weight excluding hydrogens is 545 g/mol. The zero-order valence-corrected chi connectivity index (χ0v) is 24.7. The van der Waals surface area contributed by atoms with Gasteiger partial charge in [-0.05, 0) is 35.4 Å². The number of hydrogen-bond acceptors (Lipinski definition) is 3. The first-order valence-electron chi connectivity index (χ1n) is 15.4. The molecule has 0 saturated carbocycles. The third kappa shape index (κ3) is 5.11. The Bertz CT molecular complexity index is 1920. The van der Waals surface area contributed by atoms with Gasteiger partial charge in [0, 0.05) is 33.9 Å². The van der Waals surface area contributed by atoms with E-state index in [-0.39, 0.29) is 12.7 Å². The standard InChI is InChI=1S/C41H30BN3/c1-5-15-30(16-6-1)37-29-38(44-41(43-37)33-19-9-3-10-20-33)31-25-27-34(28-26-31)42-40(32-17-7-2-8-18-32)36-23-13-14-24-39(36)45(42)35-21-11-4-12-22-35/h1-29,40H. The molecule has 0 bridgehead atoms. The molecule has 0 saturated heterocycles. The van der Waals surface area contributed by atoms with Gasteiger partial charge in [-0.3, -0.25) is 0 Å². The van der Waals surface area contributed by atoms with Crippen LogP contribution in [0.15, 0.2) is 176 Å². The summed E-state index contributed by atoms with van der Waals surface area (Å²) < 4.78 is 0. The van der Waals surface area contributed by atoms with Gasteiger partial charge in [0.2, 0.25) is 0 Å². The van der Waals surface area contributed by atoms with Crippen molar-refractivity contribution < 1.29 is 0 Å². The number of benzene rings is 6. The van der Waals surface area contributed by atoms with E-state index in [1.54, 1.807) is 0 Å². The summed E-state index contributed by atoms with van der Waals surface area (Å²) in [4.78, 5) is 12.5. The van der Waals surface area contributed by atoms with Crippen LogP contribution in [0.5, 0.6) is 0 Å². The molecule has 0 radical (unpaired) electrons. The van der Waals surface area contributed by atoms with E-state index < -0.39 is 0 Å². The predicted octanol–water partition coefficient (Wildman–Crippen LogP) is 9.20. The van der Waals surface area contributed by atoms with Crippen molar-refractivity contribution in [1.29, 1.82) is 0 Å². The van der Waals surface area contributed by atoms with Crippen molar-refractivity contribution in [1.82, 2.24) is 9.97 Å². The molecule has 1 aromatic heterocycles. The molecule has 0 amide bonds. The molecule has 1 aliphatic rings. The average Bonchev–Trinajstić information content (AvgIpc) is 3.48. The van der Waals surface area contributed by atoms with Crippen LogP contribution in [0.1, 0.15) is 16.9 Å². The highest BCUT2D eigenvalue weighted by molar-refractivity contribution is 6.81. The summed E-state index contributed by atoms with van der Waals surface area (Å²) >= 11 is 0. The molecule has 8 rings (SSSR count). The Morgan fingerprint density at radius 3 is 1.62 bits per heavy atom. The third-order valence-corrected chi connectivity index (χ3v) is 8.69. The smallest absolute Gasteiger partial charge is 0.306 e. The molecule has 0 fully saturated rings. The van der Waals surface area contributed by atoms with Crippen LogP contribution in [0.3, 0.4) is 0 Å². The molecule has 3 nitrogen and oxygen atoms in total. The summed E-state index contributed by atoms with van der Waals surface area (Å²) in [6.07, 6.45) is 0. The van der Waals surface area contributed by atoms with E-state index in [9.17, 15) is 0 Å². The van der Waals surface area contributed by atoms with E-state index in [0.29, 0.717) is 0 Å². The minimum absolute atomic E-state index is 0.0893. The second-order valence-corrected chi connectivity index (χ2v) is 11.4. The SMILES string of the molecule is c1ccc(-c2cc(-c3ccc(B4C(c5ccccc5)c5ccccc5N4c4ccccc4)cc3)nc(-c3ccccc3)n2)cc1. The summed E-state index contributed by atoms with van der Waals surface area (Å²) in [5.74, 6) is 0.906. The minimum Gasteiger partial charge on any atom is -0.380 e. The van der Waals surface area contributed by atoms with Crippen LogP contribution in [0.2, 0.25) is 0 Å². The summed E-state index contributed by atoms with van der Waals surface area (Å²) in [6, 6.07) is 62.2. The van der Waals surface area contributed by atoms with Gasteiger partial charge in [0.25, 0.3) is 0 Å². The van der Waals surface area contributed by atoms with Crippen molar-refractivity contribution in [2.24, 2.45) is 0 Å². The Morgan fingerprint density at radius 1 is 0.467 bits per heavy atom. The summed E-state index contributed by atoms with van der Waals surface area (Å²) in [5.41, 5.74) is 11.3. The van der Waals surface area contributed by atoms with Gasteiger partial charge in [0.15, 0.2) is 5.82 Å². The number of para-hydroxylation sites is 2. The number of aromatic nitrogens is 2. The maximum absolute atomic E-state index is 5.06. The summed E-state index contributed by atoms with van der Waals surface area (Å²) in [7, 11) is 0. The fourth-order valence-corrected chi connectivity index (χ4v) is 6.61. The Labute approximate surface area is 264 Å². The first-order chi connectivity index (χ1) is 22.3. The van der Waals surface area contributed by atoms with E-state index in [4.69, 9.17) is 9.97 Å². The van der Waals surface area contributed by atoms with Crippen molar-refractivity contribution in [2.45, 2.75) is 5.82 Å². The number of rotatable bonds is 6. The van der Waals surface area contributed by atoms with Gasteiger partial charge in [-0.2, -0.15) is 0 Å². The zero-order chi connectivity index (χ0) is 30.0. The molecule has 7 aromatic rings. The Hall–Kier alpha value is -5.74. The predicted molar refractivity (Wildman–Crippen MR) is 187 cm³/mol. The number of anilines is 2. The molecule has 0 N–H and O–H groups in total. The average molecular weight is 576 g/mol. The molecule has 45 heavy (non-hydrogen) atoms. The van der Waals surface area contributed by atoms with Crippen LogP contribution in [-0.2, 0) is 0 Å². The van der Waals surface area contributed by atoms with Crippen molar-refractivity contribution in [3.8, 4) is 33.9 Å². The molecular formula is C41H30BN3. The second-order valence-electron chi connectivity index (χ2n) is 11.4. The summed E-state index contributed by atoms with van der Waals surface area (Å²) in [6.45, 7) is 0.0893. The molecule has 1 atom stereocenters. The Morgan fingerprint density at radius 2 is 0.978 bits per heavy atom. The topological polar surface area (TPSA) is 29.0 Å². The third-order valence-electron chi connectivity index (χ3n) is 8.69. The van der Waals surface area contributed by atoms with Gasteiger partial charge in [-0.15, -0.1) is 0 Å². The number of fused-ring (bicyclic) bond motifs is 1. The van der Waals surface area contributed by atoms with Gasteiger partial charge < -0.3 is 4.81 Å². The molecule has 6 aromatic carbocycles. The lowest BCUT2D eigenvalue weighted by atomic mass is 9.44. The first kappa shape index (κ1) is 26.9. The van der Waals surface area contributed by atoms with Crippen LogP contribution >= 0.6 is 0 Å². The van der Waals surface area contributed by atoms with E-state index in [0.717, 1.165) is 33.9 Å². The summed E-state index contributed by atoms with van der Waals surface area (Å²) in [5, 5.41) is 0. The first-order valence-corrected chi connectivity index (χ1v) is 15.4. The van der Waals surface area contributed by atoms with Crippen molar-refractivity contribution in [2.75, 3.05) is 4.81 Å². The largest absolute Gasteiger partial charge is 0.380 e. The molecule has 4 heteroatoms. The van der Waals surface area contributed by atoms with Crippen LogP contribution in [-0.4, -0.2) is 16.8 Å². The normalized spacial score (nSPS) is 13.9. The highest BCUT2D eigenvalue weighted by Crippen LogP contribution is 2.46. The zero-order valence-electron chi connectivity index (χ0n) is 24.7. The minimum atomic E-state index is 0.0893. The number of hydrogen-bond donors (Lipinski definition) is 0. The van der Waals surface area contributed by atoms with Gasteiger partial charge in [0.1, 0.15) is 0 Å². The van der Waals surface area contributed by atoms with Crippen molar-refractivity contribution >= 4 is 23.7 Å². The molecule has 2 heterocycles. The van der Waals surface area contributed by atoms with Crippen molar-refractivity contribution in [3.63, 3.8) is 0 Å². The van der Waals surface area contributed by atoms with Crippen LogP contribution in [0, 0.1) is 0 Å². The lowest BCUT2D eigenvalue weighted by Crippen LogP contribution is -2.46. The second kappa shape index (κ2) is 11.7. The quantitative estimate of drug-likeness (QED) is 0.185. The molecule has 1 aliphatic heterocycles. The fourth-order valence-electron chi connectivity index (χ4n) is 6.61. The van der Waals surface area contributed by atoms with E-state index in [1.165, 1.54) is 28.0 Å². The lowest BCUT2D eigenvalue weighted by Gasteiger charge is -2.29. The van der Waals surface area contributed by atoms with E-state index in [2.05, 4.69) is 156 Å². The molecule has 0 aliphatic carbocycles. The number of nitrogens with zero attached hydrogens (tertiary/aromatic N) is 3. The van der Waals surface area contributed by atoms with Crippen LogP contribution in [0.25, 0.3) is 33.9 Å². The maximum Gasteiger partial charge on any atom is 0.306 e. The lowest BCUT2D eigenvalue weighted by molar-refractivity contribution is 1.14. The van der Waals surface area contributed by atoms with Gasteiger partial charge in [-0.1, -0.05) is 157 Å². The highest BCUT2D eigenvalue weighted by Gasteiger charge is 2.44. The molecule has 0 spiro atoms. The molecule has 212 valence electrons. The maximum atomic E-state index is 5.06. The highest BCUT2D eigenvalue weighted by atomic mass is 15.1. The molecule has 1 unspecified atom stereocenters. The fraction of sp³-hybridized carbons (Fsp3) is 0.0244. The van der Waals surface area contributed by atoms with Crippen molar-refractivity contribution in [3.05, 3.63) is 187 Å². The van der Waals surface area contributed by atoms with Gasteiger partial charge in [0.05, 0.1) is 11.4 Å².